The Hall–Kier alpha value is -2.42. The van der Waals surface area contributed by atoms with Crippen molar-refractivity contribution in [3.05, 3.63) is 51.5 Å². The van der Waals surface area contributed by atoms with Crippen LogP contribution in [0, 0.1) is 0 Å². The third kappa shape index (κ3) is 4.10. The number of alkyl halides is 3. The van der Waals surface area contributed by atoms with Crippen LogP contribution in [0.1, 0.15) is 50.8 Å². The van der Waals surface area contributed by atoms with Gasteiger partial charge in [-0.1, -0.05) is 6.92 Å². The van der Waals surface area contributed by atoms with Crippen LogP contribution in [0.4, 0.5) is 13.2 Å². The van der Waals surface area contributed by atoms with E-state index >= 15 is 0 Å². The molecule has 0 fully saturated rings. The summed E-state index contributed by atoms with van der Waals surface area (Å²) >= 11 is 0.846. The van der Waals surface area contributed by atoms with Crippen molar-refractivity contribution >= 4 is 23.2 Å². The summed E-state index contributed by atoms with van der Waals surface area (Å²) in [6.45, 7) is 1.73. The molecule has 0 saturated heterocycles. The predicted molar refractivity (Wildman–Crippen MR) is 82.6 cm³/mol. The molecule has 0 aliphatic rings. The third-order valence-electron chi connectivity index (χ3n) is 3.26. The van der Waals surface area contributed by atoms with Gasteiger partial charge < -0.3 is 11.1 Å². The first-order valence-corrected chi connectivity index (χ1v) is 7.83. The van der Waals surface area contributed by atoms with Crippen LogP contribution < -0.4 is 11.1 Å². The number of thiazole rings is 1. The van der Waals surface area contributed by atoms with Gasteiger partial charge in [-0.05, 0) is 30.7 Å². The van der Waals surface area contributed by atoms with E-state index in [2.05, 4.69) is 10.3 Å². The number of hydrogen-bond donors (Lipinski definition) is 2. The zero-order chi connectivity index (χ0) is 17.9. The van der Waals surface area contributed by atoms with Gasteiger partial charge in [-0.25, -0.2) is 4.98 Å². The lowest BCUT2D eigenvalue weighted by Crippen LogP contribution is -2.28. The highest BCUT2D eigenvalue weighted by Gasteiger charge is 2.34. The summed E-state index contributed by atoms with van der Waals surface area (Å²) < 4.78 is 37.9. The second-order valence-electron chi connectivity index (χ2n) is 4.94. The van der Waals surface area contributed by atoms with E-state index in [4.69, 9.17) is 5.73 Å². The molecule has 1 unspecified atom stereocenters. The summed E-state index contributed by atoms with van der Waals surface area (Å²) in [4.78, 5) is 26.8. The molecule has 0 radical (unpaired) electrons. The van der Waals surface area contributed by atoms with Crippen molar-refractivity contribution in [3.8, 4) is 0 Å². The fourth-order valence-corrected chi connectivity index (χ4v) is 2.90. The average molecular weight is 357 g/mol. The molecule has 0 bridgehead atoms. The van der Waals surface area contributed by atoms with E-state index < -0.39 is 29.7 Å². The lowest BCUT2D eigenvalue weighted by molar-refractivity contribution is -0.140. The molecule has 3 N–H and O–H groups in total. The number of amides is 2. The normalized spacial score (nSPS) is 12.7. The molecular formula is C15H14F3N3O2S. The molecule has 1 aromatic heterocycles. The molecule has 2 amide bonds. The average Bonchev–Trinajstić information content (AvgIpc) is 3.02. The maximum atomic E-state index is 12.6. The Morgan fingerprint density at radius 1 is 1.25 bits per heavy atom. The van der Waals surface area contributed by atoms with E-state index in [1.807, 2.05) is 0 Å². The van der Waals surface area contributed by atoms with Gasteiger partial charge in [0.25, 0.3) is 5.91 Å². The number of hydrogen-bond acceptors (Lipinski definition) is 4. The highest BCUT2D eigenvalue weighted by molar-refractivity contribution is 7.09. The van der Waals surface area contributed by atoms with Crippen molar-refractivity contribution in [2.45, 2.75) is 25.6 Å². The fraction of sp³-hybridized carbons (Fsp3) is 0.267. The number of nitrogens with zero attached hydrogens (tertiary/aromatic N) is 1. The third-order valence-corrected chi connectivity index (χ3v) is 4.21. The summed E-state index contributed by atoms with van der Waals surface area (Å²) in [7, 11) is 0. The van der Waals surface area contributed by atoms with Gasteiger partial charge in [0, 0.05) is 16.5 Å². The number of carbonyl (C=O) groups is 2. The quantitative estimate of drug-likeness (QED) is 0.862. The molecule has 0 saturated carbocycles. The van der Waals surface area contributed by atoms with Crippen LogP contribution in [0.3, 0.4) is 0 Å². The Morgan fingerprint density at radius 3 is 2.29 bits per heavy atom. The molecule has 0 aliphatic heterocycles. The fourth-order valence-electron chi connectivity index (χ4n) is 1.94. The zero-order valence-corrected chi connectivity index (χ0v) is 13.4. The summed E-state index contributed by atoms with van der Waals surface area (Å²) in [5.41, 5.74) is 4.67. The van der Waals surface area contributed by atoms with Crippen LogP contribution >= 0.6 is 11.3 Å². The van der Waals surface area contributed by atoms with E-state index in [9.17, 15) is 22.8 Å². The Kier molecular flexibility index (Phi) is 5.23. The largest absolute Gasteiger partial charge is 0.434 e. The van der Waals surface area contributed by atoms with E-state index in [0.717, 1.165) is 16.7 Å². The SMILES string of the molecule is CCC(NC(=O)c1ccc(C(N)=O)cc1)c1nc(C(F)(F)F)cs1. The number of halogens is 3. The van der Waals surface area contributed by atoms with Gasteiger partial charge in [0.05, 0.1) is 6.04 Å². The lowest BCUT2D eigenvalue weighted by atomic mass is 10.1. The highest BCUT2D eigenvalue weighted by atomic mass is 32.1. The molecule has 0 aliphatic carbocycles. The minimum Gasteiger partial charge on any atom is -0.366 e. The molecule has 2 rings (SSSR count). The highest BCUT2D eigenvalue weighted by Crippen LogP contribution is 2.32. The van der Waals surface area contributed by atoms with Crippen LogP contribution in [0.5, 0.6) is 0 Å². The van der Waals surface area contributed by atoms with Crippen molar-refractivity contribution in [2.75, 3.05) is 0 Å². The molecule has 9 heteroatoms. The van der Waals surface area contributed by atoms with Gasteiger partial charge in [0.1, 0.15) is 5.01 Å². The Labute approximate surface area is 139 Å². The van der Waals surface area contributed by atoms with Gasteiger partial charge in [-0.15, -0.1) is 11.3 Å². The van der Waals surface area contributed by atoms with Gasteiger partial charge >= 0.3 is 6.18 Å². The molecule has 2 aromatic rings. The topological polar surface area (TPSA) is 85.1 Å². The second-order valence-corrected chi connectivity index (χ2v) is 5.83. The molecule has 1 atom stereocenters. The predicted octanol–water partition coefficient (Wildman–Crippen LogP) is 3.14. The van der Waals surface area contributed by atoms with Gasteiger partial charge in [-0.3, -0.25) is 9.59 Å². The summed E-state index contributed by atoms with van der Waals surface area (Å²) in [5.74, 6) is -1.09. The number of carbonyl (C=O) groups excluding carboxylic acids is 2. The monoisotopic (exact) mass is 357 g/mol. The number of primary amides is 1. The summed E-state index contributed by atoms with van der Waals surface area (Å²) in [6, 6.07) is 5.03. The molecule has 1 aromatic carbocycles. The minimum absolute atomic E-state index is 0.187. The van der Waals surface area contributed by atoms with E-state index in [-0.39, 0.29) is 16.1 Å². The van der Waals surface area contributed by atoms with Crippen LogP contribution in [-0.4, -0.2) is 16.8 Å². The molecule has 1 heterocycles. The first-order chi connectivity index (χ1) is 11.2. The smallest absolute Gasteiger partial charge is 0.366 e. The number of nitrogens with one attached hydrogen (secondary N) is 1. The Morgan fingerprint density at radius 2 is 1.83 bits per heavy atom. The number of rotatable bonds is 5. The van der Waals surface area contributed by atoms with Gasteiger partial charge in [0.15, 0.2) is 5.69 Å². The number of benzene rings is 1. The maximum Gasteiger partial charge on any atom is 0.434 e. The molecule has 24 heavy (non-hydrogen) atoms. The van der Waals surface area contributed by atoms with Gasteiger partial charge in [-0.2, -0.15) is 13.2 Å². The van der Waals surface area contributed by atoms with Crippen molar-refractivity contribution in [3.63, 3.8) is 0 Å². The Bertz CT molecular complexity index is 741. The van der Waals surface area contributed by atoms with E-state index in [1.54, 1.807) is 6.92 Å². The Balaban J connectivity index is 2.13. The maximum absolute atomic E-state index is 12.6. The van der Waals surface area contributed by atoms with Crippen molar-refractivity contribution in [1.29, 1.82) is 0 Å². The van der Waals surface area contributed by atoms with E-state index in [0.29, 0.717) is 6.42 Å². The van der Waals surface area contributed by atoms with Crippen LogP contribution in [0.25, 0.3) is 0 Å². The second kappa shape index (κ2) is 7.00. The van der Waals surface area contributed by atoms with Crippen molar-refractivity contribution in [2.24, 2.45) is 5.73 Å². The zero-order valence-electron chi connectivity index (χ0n) is 12.6. The van der Waals surface area contributed by atoms with E-state index in [1.165, 1.54) is 24.3 Å². The molecule has 5 nitrogen and oxygen atoms in total. The summed E-state index contributed by atoms with van der Waals surface area (Å²) in [5, 5.41) is 3.75. The first kappa shape index (κ1) is 17.9. The van der Waals surface area contributed by atoms with Crippen LogP contribution in [0.15, 0.2) is 29.6 Å². The first-order valence-electron chi connectivity index (χ1n) is 6.95. The molecule has 0 spiro atoms. The number of nitrogens with two attached hydrogens (primary N) is 1. The van der Waals surface area contributed by atoms with Crippen LogP contribution in [-0.2, 0) is 6.18 Å². The minimum atomic E-state index is -4.51. The van der Waals surface area contributed by atoms with Crippen LogP contribution in [0.2, 0.25) is 0 Å². The number of aromatic nitrogens is 1. The van der Waals surface area contributed by atoms with Crippen molar-refractivity contribution in [1.82, 2.24) is 10.3 Å². The lowest BCUT2D eigenvalue weighted by Gasteiger charge is -2.14. The van der Waals surface area contributed by atoms with Crippen molar-refractivity contribution < 1.29 is 22.8 Å². The summed E-state index contributed by atoms with van der Waals surface area (Å²) in [6.07, 6.45) is -4.13. The molecule has 128 valence electrons. The molecular weight excluding hydrogens is 343 g/mol. The standard InChI is InChI=1S/C15H14F3N3O2S/c1-2-10(14-21-11(7-24-14)15(16,17)18)20-13(23)9-5-3-8(4-6-9)12(19)22/h3-7,10H,2H2,1H3,(H2,19,22)(H,20,23). The van der Waals surface area contributed by atoms with Gasteiger partial charge in [0.2, 0.25) is 5.91 Å².